The van der Waals surface area contributed by atoms with Gasteiger partial charge in [-0.3, -0.25) is 9.36 Å². The second kappa shape index (κ2) is 6.84. The summed E-state index contributed by atoms with van der Waals surface area (Å²) in [5.74, 6) is 0.770. The average molecular weight is 377 g/mol. The molecule has 28 heavy (non-hydrogen) atoms. The van der Waals surface area contributed by atoms with E-state index in [0.717, 1.165) is 22.7 Å². The molecule has 4 aromatic rings. The number of hydrogen-bond donors (Lipinski definition) is 1. The molecule has 0 aliphatic heterocycles. The van der Waals surface area contributed by atoms with E-state index in [1.165, 1.54) is 0 Å². The van der Waals surface area contributed by atoms with E-state index in [1.54, 1.807) is 0 Å². The number of benzene rings is 1. The second-order valence-electron chi connectivity index (χ2n) is 6.68. The van der Waals surface area contributed by atoms with E-state index in [2.05, 4.69) is 10.1 Å². The zero-order valence-electron chi connectivity index (χ0n) is 15.8. The molecule has 142 valence electrons. The minimum Gasteiger partial charge on any atom is -0.481 e. The summed E-state index contributed by atoms with van der Waals surface area (Å²) in [6, 6.07) is 11.2. The predicted octanol–water partition coefficient (Wildman–Crippen LogP) is 4.55. The number of fused-ring (bicyclic) bond motifs is 1. The lowest BCUT2D eigenvalue weighted by Crippen LogP contribution is -2.00. The van der Waals surface area contributed by atoms with Gasteiger partial charge in [-0.05, 0) is 50.6 Å². The minimum absolute atomic E-state index is 0.195. The molecule has 3 aromatic heterocycles. The van der Waals surface area contributed by atoms with E-state index < -0.39 is 5.97 Å². The molecule has 0 aliphatic rings. The molecule has 0 unspecified atom stereocenters. The van der Waals surface area contributed by atoms with Crippen molar-refractivity contribution in [3.63, 3.8) is 0 Å². The Kier molecular flexibility index (Phi) is 4.35. The third kappa shape index (κ3) is 3.22. The smallest absolute Gasteiger partial charge is 0.308 e. The molecule has 7 heteroatoms. The van der Waals surface area contributed by atoms with Crippen LogP contribution in [0.3, 0.4) is 0 Å². The van der Waals surface area contributed by atoms with Crippen molar-refractivity contribution in [2.75, 3.05) is 0 Å². The molecule has 7 nitrogen and oxygen atoms in total. The van der Waals surface area contributed by atoms with Gasteiger partial charge in [-0.25, -0.2) is 4.98 Å². The normalized spacial score (nSPS) is 12.0. The monoisotopic (exact) mass is 377 g/mol. The van der Waals surface area contributed by atoms with Crippen molar-refractivity contribution in [2.45, 2.75) is 27.2 Å². The predicted molar refractivity (Wildman–Crippen MR) is 104 cm³/mol. The molecule has 0 saturated carbocycles. The number of para-hydroxylation sites is 2. The Morgan fingerprint density at radius 1 is 1.21 bits per heavy atom. The number of hydrogen-bond acceptors (Lipinski definition) is 5. The van der Waals surface area contributed by atoms with Gasteiger partial charge in [0.25, 0.3) is 0 Å². The first-order chi connectivity index (χ1) is 13.4. The Morgan fingerprint density at radius 3 is 2.68 bits per heavy atom. The molecular weight excluding hydrogens is 358 g/mol. The van der Waals surface area contributed by atoms with Crippen molar-refractivity contribution in [3.8, 4) is 5.82 Å². The summed E-state index contributed by atoms with van der Waals surface area (Å²) in [4.78, 5) is 15.9. The van der Waals surface area contributed by atoms with Crippen LogP contribution in [0.4, 0.5) is 0 Å². The van der Waals surface area contributed by atoms with Crippen LogP contribution in [0.1, 0.15) is 35.0 Å². The third-order valence-electron chi connectivity index (χ3n) is 4.55. The summed E-state index contributed by atoms with van der Waals surface area (Å²) in [6.07, 6.45) is 1.62. The van der Waals surface area contributed by atoms with Gasteiger partial charge in [-0.1, -0.05) is 17.3 Å². The fourth-order valence-corrected chi connectivity index (χ4v) is 3.29. The SMILES string of the molecule is Cc1cc(-n2c(C)cc(/C=C(\CC(=O)O)c3nc4ccccc4o3)c2C)no1. The maximum atomic E-state index is 11.4. The molecule has 0 radical (unpaired) electrons. The first-order valence-corrected chi connectivity index (χ1v) is 8.83. The number of aryl methyl sites for hydroxylation is 2. The van der Waals surface area contributed by atoms with E-state index in [1.807, 2.05) is 67.8 Å². The Morgan fingerprint density at radius 2 is 2.00 bits per heavy atom. The van der Waals surface area contributed by atoms with Crippen LogP contribution in [-0.4, -0.2) is 25.8 Å². The van der Waals surface area contributed by atoms with Gasteiger partial charge in [0.15, 0.2) is 11.4 Å². The molecule has 0 aliphatic carbocycles. The summed E-state index contributed by atoms with van der Waals surface area (Å²) < 4.78 is 12.9. The zero-order chi connectivity index (χ0) is 19.8. The maximum Gasteiger partial charge on any atom is 0.308 e. The van der Waals surface area contributed by atoms with Crippen molar-refractivity contribution in [1.29, 1.82) is 0 Å². The largest absolute Gasteiger partial charge is 0.481 e. The zero-order valence-corrected chi connectivity index (χ0v) is 15.8. The lowest BCUT2D eigenvalue weighted by atomic mass is 10.1. The summed E-state index contributed by atoms with van der Waals surface area (Å²) in [5, 5.41) is 13.4. The van der Waals surface area contributed by atoms with E-state index in [0.29, 0.717) is 28.4 Å². The highest BCUT2D eigenvalue weighted by Crippen LogP contribution is 2.28. The number of carboxylic acid groups (broad SMARTS) is 1. The molecule has 0 amide bonds. The van der Waals surface area contributed by atoms with E-state index >= 15 is 0 Å². The van der Waals surface area contributed by atoms with Gasteiger partial charge in [-0.2, -0.15) is 0 Å². The highest BCUT2D eigenvalue weighted by Gasteiger charge is 2.17. The summed E-state index contributed by atoms with van der Waals surface area (Å²) in [7, 11) is 0. The first-order valence-electron chi connectivity index (χ1n) is 8.83. The lowest BCUT2D eigenvalue weighted by Gasteiger charge is -2.05. The van der Waals surface area contributed by atoms with Crippen molar-refractivity contribution >= 4 is 28.7 Å². The van der Waals surface area contributed by atoms with Crippen LogP contribution in [-0.2, 0) is 4.79 Å². The van der Waals surface area contributed by atoms with Crippen molar-refractivity contribution < 1.29 is 18.8 Å². The molecule has 0 atom stereocenters. The highest BCUT2D eigenvalue weighted by molar-refractivity contribution is 5.91. The lowest BCUT2D eigenvalue weighted by molar-refractivity contribution is -0.135. The standard InChI is InChI=1S/C21H19N3O4/c1-12-8-15(14(3)24(12)19-9-13(2)28-23-19)10-16(11-20(25)26)21-22-17-6-4-5-7-18(17)27-21/h4-10H,11H2,1-3H3,(H,25,26)/b16-10+. The molecule has 0 bridgehead atoms. The maximum absolute atomic E-state index is 11.4. The van der Waals surface area contributed by atoms with Crippen LogP contribution in [0, 0.1) is 20.8 Å². The van der Waals surface area contributed by atoms with Crippen molar-refractivity contribution in [3.05, 3.63) is 65.0 Å². The summed E-state index contributed by atoms with van der Waals surface area (Å²) >= 11 is 0. The number of aliphatic carboxylic acids is 1. The van der Waals surface area contributed by atoms with Crippen LogP contribution in [0.15, 0.2) is 45.3 Å². The molecule has 3 heterocycles. The minimum atomic E-state index is -0.950. The van der Waals surface area contributed by atoms with Crippen LogP contribution < -0.4 is 0 Å². The molecule has 0 saturated heterocycles. The van der Waals surface area contributed by atoms with Gasteiger partial charge in [0.05, 0.1) is 6.42 Å². The van der Waals surface area contributed by atoms with Gasteiger partial charge >= 0.3 is 5.97 Å². The topological polar surface area (TPSA) is 94.3 Å². The molecule has 1 N–H and O–H groups in total. The van der Waals surface area contributed by atoms with E-state index in [9.17, 15) is 9.90 Å². The fraction of sp³-hybridized carbons (Fsp3) is 0.190. The number of nitrogens with zero attached hydrogens (tertiary/aromatic N) is 3. The van der Waals surface area contributed by atoms with Crippen LogP contribution in [0.5, 0.6) is 0 Å². The molecule has 4 rings (SSSR count). The number of carbonyl (C=O) groups is 1. The Balaban J connectivity index is 1.82. The third-order valence-corrected chi connectivity index (χ3v) is 4.55. The molecule has 0 spiro atoms. The molecular formula is C21H19N3O4. The molecule has 0 fully saturated rings. The fourth-order valence-electron chi connectivity index (χ4n) is 3.29. The van der Waals surface area contributed by atoms with Crippen LogP contribution in [0.2, 0.25) is 0 Å². The van der Waals surface area contributed by atoms with E-state index in [-0.39, 0.29) is 6.42 Å². The number of carboxylic acids is 1. The number of rotatable bonds is 5. The average Bonchev–Trinajstić information content (AvgIpc) is 3.32. The van der Waals surface area contributed by atoms with Gasteiger partial charge in [0.1, 0.15) is 11.3 Å². The van der Waals surface area contributed by atoms with Gasteiger partial charge in [-0.15, -0.1) is 0 Å². The van der Waals surface area contributed by atoms with Crippen molar-refractivity contribution in [1.82, 2.24) is 14.7 Å². The quantitative estimate of drug-likeness (QED) is 0.548. The first kappa shape index (κ1) is 17.8. The summed E-state index contributed by atoms with van der Waals surface area (Å²) in [6.45, 7) is 5.75. The van der Waals surface area contributed by atoms with Gasteiger partial charge in [0.2, 0.25) is 5.89 Å². The van der Waals surface area contributed by atoms with Crippen molar-refractivity contribution in [2.24, 2.45) is 0 Å². The van der Waals surface area contributed by atoms with Crippen LogP contribution >= 0.6 is 0 Å². The van der Waals surface area contributed by atoms with Gasteiger partial charge in [0, 0.05) is 23.0 Å². The highest BCUT2D eigenvalue weighted by atomic mass is 16.5. The Hall–Kier alpha value is -3.61. The number of aromatic nitrogens is 3. The summed E-state index contributed by atoms with van der Waals surface area (Å²) in [5.41, 5.74) is 4.57. The van der Waals surface area contributed by atoms with E-state index in [4.69, 9.17) is 8.94 Å². The Labute approximate surface area is 160 Å². The second-order valence-corrected chi connectivity index (χ2v) is 6.68. The molecule has 1 aromatic carbocycles. The number of oxazole rings is 1. The van der Waals surface area contributed by atoms with Gasteiger partial charge < -0.3 is 14.0 Å². The Bertz CT molecular complexity index is 1180. The van der Waals surface area contributed by atoms with Crippen LogP contribution in [0.25, 0.3) is 28.6 Å².